The van der Waals surface area contributed by atoms with Crippen LogP contribution in [0.25, 0.3) is 22.2 Å². The van der Waals surface area contributed by atoms with Crippen molar-refractivity contribution in [2.75, 3.05) is 25.5 Å². The van der Waals surface area contributed by atoms with Crippen molar-refractivity contribution in [3.05, 3.63) is 40.9 Å². The van der Waals surface area contributed by atoms with Gasteiger partial charge in [-0.1, -0.05) is 23.2 Å². The van der Waals surface area contributed by atoms with E-state index in [9.17, 15) is 17.2 Å². The van der Waals surface area contributed by atoms with Gasteiger partial charge in [0.2, 0.25) is 11.7 Å². The minimum atomic E-state index is -4.30. The Bertz CT molecular complexity index is 1510. The minimum Gasteiger partial charge on any atom is -0.478 e. The van der Waals surface area contributed by atoms with E-state index in [1.807, 2.05) is 0 Å². The summed E-state index contributed by atoms with van der Waals surface area (Å²) in [6, 6.07) is 2.99. The smallest absolute Gasteiger partial charge is 0.272 e. The van der Waals surface area contributed by atoms with Crippen molar-refractivity contribution in [2.45, 2.75) is 11.3 Å². The summed E-state index contributed by atoms with van der Waals surface area (Å²) in [4.78, 5) is 18.7. The Kier molecular flexibility index (Phi) is 7.28. The molecule has 0 atom stereocenters. The lowest BCUT2D eigenvalue weighted by Crippen LogP contribution is -2.16. The molecule has 0 saturated heterocycles. The van der Waals surface area contributed by atoms with E-state index in [1.165, 1.54) is 44.9 Å². The highest BCUT2D eigenvalue weighted by molar-refractivity contribution is 7.93. The van der Waals surface area contributed by atoms with Crippen LogP contribution < -0.4 is 18.9 Å². The van der Waals surface area contributed by atoms with Gasteiger partial charge in [0, 0.05) is 29.5 Å². The van der Waals surface area contributed by atoms with Crippen molar-refractivity contribution in [1.29, 1.82) is 0 Å². The SMILES string of the molecule is COc1nc(NS(=O)(=O)c2c[nH]c3c(-c4nccnc4Cl)c(Cl)ccc23)nc(OC)c1OCC(F)F. The highest BCUT2D eigenvalue weighted by Crippen LogP contribution is 2.39. The molecule has 0 bridgehead atoms. The van der Waals surface area contributed by atoms with Gasteiger partial charge < -0.3 is 19.2 Å². The quantitative estimate of drug-likeness (QED) is 0.308. The number of halogens is 4. The summed E-state index contributed by atoms with van der Waals surface area (Å²) in [6.07, 6.45) is 1.28. The van der Waals surface area contributed by atoms with E-state index >= 15 is 0 Å². The molecule has 4 aromatic rings. The van der Waals surface area contributed by atoms with Gasteiger partial charge in [0.05, 0.1) is 24.8 Å². The normalized spacial score (nSPS) is 11.6. The Hall–Kier alpha value is -3.49. The third-order valence-corrected chi connectivity index (χ3v) is 6.68. The molecule has 3 aromatic heterocycles. The van der Waals surface area contributed by atoms with Crippen LogP contribution in [0.4, 0.5) is 14.7 Å². The molecule has 0 saturated carbocycles. The lowest BCUT2D eigenvalue weighted by Gasteiger charge is -2.14. The number of hydrogen-bond donors (Lipinski definition) is 2. The van der Waals surface area contributed by atoms with Crippen molar-refractivity contribution in [2.24, 2.45) is 0 Å². The van der Waals surface area contributed by atoms with Crippen molar-refractivity contribution >= 4 is 50.1 Å². The van der Waals surface area contributed by atoms with Crippen LogP contribution in [0.3, 0.4) is 0 Å². The fraction of sp³-hybridized carbons (Fsp3) is 0.200. The molecule has 1 aromatic carbocycles. The van der Waals surface area contributed by atoms with Gasteiger partial charge in [-0.2, -0.15) is 9.97 Å². The highest BCUT2D eigenvalue weighted by Gasteiger charge is 2.26. The van der Waals surface area contributed by atoms with Gasteiger partial charge in [0.1, 0.15) is 17.2 Å². The molecule has 36 heavy (non-hydrogen) atoms. The van der Waals surface area contributed by atoms with Crippen LogP contribution in [0.5, 0.6) is 17.5 Å². The number of nitrogens with zero attached hydrogens (tertiary/aromatic N) is 4. The predicted octanol–water partition coefficient (Wildman–Crippen LogP) is 4.18. The number of aromatic amines is 1. The van der Waals surface area contributed by atoms with E-state index in [0.717, 1.165) is 0 Å². The summed E-state index contributed by atoms with van der Waals surface area (Å²) in [5, 5.41) is 0.603. The summed E-state index contributed by atoms with van der Waals surface area (Å²) in [5.74, 6) is -1.39. The van der Waals surface area contributed by atoms with Gasteiger partial charge in [-0.25, -0.2) is 26.9 Å². The average molecular weight is 561 g/mol. The number of sulfonamides is 1. The molecular formula is C20H16Cl2F2N6O5S. The Labute approximate surface area is 212 Å². The summed E-state index contributed by atoms with van der Waals surface area (Å²) < 4.78 is 69.0. The van der Waals surface area contributed by atoms with Crippen molar-refractivity contribution in [1.82, 2.24) is 24.9 Å². The maximum absolute atomic E-state index is 13.3. The number of benzene rings is 1. The molecule has 16 heteroatoms. The Morgan fingerprint density at radius 2 is 1.75 bits per heavy atom. The number of H-pyrrole nitrogens is 1. The van der Waals surface area contributed by atoms with Crippen LogP contribution in [0.2, 0.25) is 10.2 Å². The third-order valence-electron chi connectivity index (χ3n) is 4.72. The fourth-order valence-corrected chi connectivity index (χ4v) is 4.83. The van der Waals surface area contributed by atoms with E-state index in [-0.39, 0.29) is 43.7 Å². The number of methoxy groups -OCH3 is 2. The molecule has 0 aliphatic heterocycles. The molecule has 0 aliphatic rings. The van der Waals surface area contributed by atoms with Gasteiger partial charge in [-0.3, -0.25) is 4.98 Å². The molecule has 0 unspecified atom stereocenters. The lowest BCUT2D eigenvalue weighted by molar-refractivity contribution is 0.0781. The molecule has 0 radical (unpaired) electrons. The summed E-state index contributed by atoms with van der Waals surface area (Å²) in [7, 11) is -1.91. The van der Waals surface area contributed by atoms with Gasteiger partial charge in [0.15, 0.2) is 5.15 Å². The number of rotatable bonds is 9. The van der Waals surface area contributed by atoms with Gasteiger partial charge in [-0.05, 0) is 12.1 Å². The Morgan fingerprint density at radius 3 is 2.36 bits per heavy atom. The maximum atomic E-state index is 13.3. The average Bonchev–Trinajstić information content (AvgIpc) is 3.28. The number of anilines is 1. The second kappa shape index (κ2) is 10.2. The van der Waals surface area contributed by atoms with Crippen LogP contribution in [-0.2, 0) is 10.0 Å². The van der Waals surface area contributed by atoms with Gasteiger partial charge in [-0.15, -0.1) is 0 Å². The van der Waals surface area contributed by atoms with E-state index in [0.29, 0.717) is 11.1 Å². The second-order valence-electron chi connectivity index (χ2n) is 6.90. The minimum absolute atomic E-state index is 0.0748. The van der Waals surface area contributed by atoms with Crippen molar-refractivity contribution in [3.63, 3.8) is 0 Å². The number of ether oxygens (including phenoxy) is 3. The van der Waals surface area contributed by atoms with Crippen molar-refractivity contribution in [3.8, 4) is 28.8 Å². The zero-order valence-corrected chi connectivity index (χ0v) is 20.7. The van der Waals surface area contributed by atoms with E-state index in [1.54, 1.807) is 0 Å². The standard InChI is InChI=1S/C20H16Cl2F2N6O5S/c1-33-18-16(35-8-12(23)24)19(34-2)29-20(28-18)30-36(31,32)11-7-27-14-9(11)3-4-10(21)13(14)15-17(22)26-6-5-25-15/h3-7,12,27H,8H2,1-2H3,(H,28,29,30). The molecule has 0 spiro atoms. The monoisotopic (exact) mass is 560 g/mol. The van der Waals surface area contributed by atoms with Crippen LogP contribution in [-0.4, -0.2) is 60.6 Å². The number of nitrogens with one attached hydrogen (secondary N) is 2. The molecule has 11 nitrogen and oxygen atoms in total. The zero-order chi connectivity index (χ0) is 26.0. The van der Waals surface area contributed by atoms with Crippen LogP contribution in [0.15, 0.2) is 35.6 Å². The van der Waals surface area contributed by atoms with Crippen LogP contribution in [0, 0.1) is 0 Å². The predicted molar refractivity (Wildman–Crippen MR) is 127 cm³/mol. The van der Waals surface area contributed by atoms with E-state index in [4.69, 9.17) is 37.4 Å². The maximum Gasteiger partial charge on any atom is 0.272 e. The molecular weight excluding hydrogens is 545 g/mol. The number of hydrogen-bond acceptors (Lipinski definition) is 9. The van der Waals surface area contributed by atoms with Gasteiger partial charge >= 0.3 is 0 Å². The summed E-state index contributed by atoms with van der Waals surface area (Å²) in [5.41, 5.74) is 0.955. The van der Waals surface area contributed by atoms with E-state index in [2.05, 4.69) is 29.6 Å². The largest absolute Gasteiger partial charge is 0.478 e. The molecule has 190 valence electrons. The number of aromatic nitrogens is 5. The summed E-state index contributed by atoms with van der Waals surface area (Å²) in [6.45, 7) is -0.975. The number of fused-ring (bicyclic) bond motifs is 1. The molecule has 0 aliphatic carbocycles. The molecule has 3 heterocycles. The van der Waals surface area contributed by atoms with Crippen molar-refractivity contribution < 1.29 is 31.4 Å². The topological polar surface area (TPSA) is 141 Å². The Morgan fingerprint density at radius 1 is 1.08 bits per heavy atom. The second-order valence-corrected chi connectivity index (χ2v) is 9.31. The molecule has 0 fully saturated rings. The highest BCUT2D eigenvalue weighted by atomic mass is 35.5. The third kappa shape index (κ3) is 4.92. The van der Waals surface area contributed by atoms with Gasteiger partial charge in [0.25, 0.3) is 28.2 Å². The first-order valence-electron chi connectivity index (χ1n) is 9.86. The lowest BCUT2D eigenvalue weighted by atomic mass is 10.1. The van der Waals surface area contributed by atoms with E-state index < -0.39 is 29.0 Å². The van der Waals surface area contributed by atoms with Crippen LogP contribution >= 0.6 is 23.2 Å². The zero-order valence-electron chi connectivity index (χ0n) is 18.4. The first-order valence-corrected chi connectivity index (χ1v) is 12.1. The molecule has 0 amide bonds. The fourth-order valence-electron chi connectivity index (χ4n) is 3.27. The molecule has 2 N–H and O–H groups in total. The number of alkyl halides is 2. The van der Waals surface area contributed by atoms with Crippen LogP contribution in [0.1, 0.15) is 0 Å². The summed E-state index contributed by atoms with van der Waals surface area (Å²) >= 11 is 12.5. The first kappa shape index (κ1) is 25.6. The Balaban J connectivity index is 1.76. The molecule has 4 rings (SSSR count). The first-order chi connectivity index (χ1) is 17.2.